The molecule has 0 amide bonds. The van der Waals surface area contributed by atoms with Crippen LogP contribution in [0.2, 0.25) is 0 Å². The van der Waals surface area contributed by atoms with E-state index in [4.69, 9.17) is 18.6 Å². The normalized spacial score (nSPS) is 11.2. The van der Waals surface area contributed by atoms with Gasteiger partial charge in [-0.1, -0.05) is 0 Å². The van der Waals surface area contributed by atoms with E-state index in [9.17, 15) is 0 Å². The van der Waals surface area contributed by atoms with Gasteiger partial charge in [0.15, 0.2) is 0 Å². The Labute approximate surface area is 141 Å². The highest BCUT2D eigenvalue weighted by Crippen LogP contribution is 2.32. The first kappa shape index (κ1) is 22.1. The second-order valence-corrected chi connectivity index (χ2v) is 5.70. The summed E-state index contributed by atoms with van der Waals surface area (Å²) in [4.78, 5) is 4.97. The third kappa shape index (κ3) is 7.05. The van der Waals surface area contributed by atoms with Crippen LogP contribution in [-0.2, 0) is 0 Å². The molecule has 7 nitrogen and oxygen atoms in total. The second-order valence-electron chi connectivity index (χ2n) is 4.94. The van der Waals surface area contributed by atoms with Gasteiger partial charge < -0.3 is 9.80 Å². The first-order valence-corrected chi connectivity index (χ1v) is 9.41. The maximum Gasteiger partial charge on any atom is 0.251 e. The molecule has 23 heavy (non-hydrogen) atoms. The van der Waals surface area contributed by atoms with Gasteiger partial charge in [0.2, 0.25) is 0 Å². The van der Waals surface area contributed by atoms with Crippen molar-refractivity contribution in [3.05, 3.63) is 5.36 Å². The van der Waals surface area contributed by atoms with Crippen LogP contribution < -0.4 is 38.4 Å². The number of rotatable bonds is 8. The Balaban J connectivity index is 0.000000841. The minimum atomic E-state index is -4.94. The number of halogens is 1. The van der Waals surface area contributed by atoms with Gasteiger partial charge in [-0.3, -0.25) is 0 Å². The lowest BCUT2D eigenvalue weighted by Gasteiger charge is -2.18. The summed E-state index contributed by atoms with van der Waals surface area (Å²) in [6.07, 6.45) is 0. The summed E-state index contributed by atoms with van der Waals surface area (Å²) in [6, 6.07) is 0. The van der Waals surface area contributed by atoms with Crippen molar-refractivity contribution < 1.29 is 28.9 Å². The van der Waals surface area contributed by atoms with Crippen molar-refractivity contribution in [3.63, 3.8) is 0 Å². The van der Waals surface area contributed by atoms with Crippen molar-refractivity contribution in [2.45, 2.75) is 41.5 Å². The molecule has 0 aliphatic heterocycles. The molecule has 0 saturated carbocycles. The maximum atomic E-state index is 8.49. The largest absolute Gasteiger partial charge is 0.365 e. The Morgan fingerprint density at radius 2 is 0.957 bits per heavy atom. The smallest absolute Gasteiger partial charge is 0.251 e. The molecule has 0 heterocycles. The topological polar surface area (TPSA) is 102 Å². The number of hydrogen-bond acceptors (Lipinski definition) is 6. The fourth-order valence-corrected chi connectivity index (χ4v) is 2.68. The molecule has 0 spiro atoms. The summed E-state index contributed by atoms with van der Waals surface area (Å²) in [5.41, 5.74) is 2.99. The van der Waals surface area contributed by atoms with Crippen LogP contribution >= 0.6 is 0 Å². The molecular weight excluding hydrogens is 322 g/mol. The van der Waals surface area contributed by atoms with Gasteiger partial charge in [0, 0.05) is 26.2 Å². The first-order valence-electron chi connectivity index (χ1n) is 8.18. The standard InChI is InChI=1S/C15H30N3.ClHO4/c1-7-16(8-2)13-14(17(9-3)10-4)15(13)18(11-5)12-6;2-1(3,4)5/h7-12H2,1-6H3;(H,2,3,4,5)/q+1;/p-1. The Hall–Kier alpha value is -0.860. The molecule has 0 unspecified atom stereocenters. The molecule has 0 aliphatic rings. The van der Waals surface area contributed by atoms with Crippen LogP contribution in [0.1, 0.15) is 41.5 Å². The molecule has 136 valence electrons. The predicted molar refractivity (Wildman–Crippen MR) is 82.3 cm³/mol. The molecule has 0 aromatic heterocycles. The molecule has 8 heteroatoms. The Morgan fingerprint density at radius 1 is 0.696 bits per heavy atom. The Bertz CT molecular complexity index is 431. The molecule has 1 aromatic carbocycles. The number of hydrogen-bond donors (Lipinski definition) is 0. The van der Waals surface area contributed by atoms with Crippen LogP contribution in [0.5, 0.6) is 0 Å². The van der Waals surface area contributed by atoms with Gasteiger partial charge in [0.1, 0.15) is 24.5 Å². The van der Waals surface area contributed by atoms with Crippen LogP contribution in [-0.4, -0.2) is 39.3 Å². The van der Waals surface area contributed by atoms with E-state index >= 15 is 0 Å². The van der Waals surface area contributed by atoms with E-state index < -0.39 is 10.2 Å². The summed E-state index contributed by atoms with van der Waals surface area (Å²) in [6.45, 7) is 20.1. The summed E-state index contributed by atoms with van der Waals surface area (Å²) in [7, 11) is -4.94. The molecule has 0 saturated heterocycles. The number of anilines is 2. The zero-order valence-corrected chi connectivity index (χ0v) is 15.9. The molecule has 0 aliphatic carbocycles. The summed E-state index contributed by atoms with van der Waals surface area (Å²) in [5.74, 6) is 0. The van der Waals surface area contributed by atoms with Crippen LogP contribution in [0, 0.1) is 10.2 Å². The molecule has 0 radical (unpaired) electrons. The molecule has 1 aromatic rings. The Morgan fingerprint density at radius 3 is 1.13 bits per heavy atom. The second kappa shape index (κ2) is 10.1. The highest BCUT2D eigenvalue weighted by molar-refractivity contribution is 5.85. The third-order valence-electron chi connectivity index (χ3n) is 3.85. The maximum absolute atomic E-state index is 8.49. The van der Waals surface area contributed by atoms with Gasteiger partial charge >= 0.3 is 0 Å². The van der Waals surface area contributed by atoms with Crippen molar-refractivity contribution in [2.75, 3.05) is 49.1 Å². The van der Waals surface area contributed by atoms with E-state index in [1.54, 1.807) is 0 Å². The van der Waals surface area contributed by atoms with E-state index in [2.05, 4.69) is 55.9 Å². The van der Waals surface area contributed by atoms with Crippen LogP contribution in [0.25, 0.3) is 0 Å². The van der Waals surface area contributed by atoms with E-state index in [0.717, 1.165) is 39.3 Å². The van der Waals surface area contributed by atoms with Crippen LogP contribution in [0.15, 0.2) is 0 Å². The van der Waals surface area contributed by atoms with Crippen molar-refractivity contribution in [2.24, 2.45) is 0 Å². The van der Waals surface area contributed by atoms with Gasteiger partial charge in [0.05, 0.1) is 0 Å². The molecule has 0 fully saturated rings. The summed E-state index contributed by atoms with van der Waals surface area (Å²) in [5, 5.41) is 1.49. The lowest BCUT2D eigenvalue weighted by molar-refractivity contribution is -2.00. The number of nitrogens with zero attached hydrogens (tertiary/aromatic N) is 3. The lowest BCUT2D eigenvalue weighted by Crippen LogP contribution is -2.68. The van der Waals surface area contributed by atoms with Crippen molar-refractivity contribution in [1.29, 1.82) is 0 Å². The highest BCUT2D eigenvalue weighted by Gasteiger charge is 2.34. The lowest BCUT2D eigenvalue weighted by atomic mass is 10.5. The van der Waals surface area contributed by atoms with Crippen LogP contribution in [0.3, 0.4) is 0 Å². The van der Waals surface area contributed by atoms with Crippen molar-refractivity contribution >= 4 is 11.4 Å². The van der Waals surface area contributed by atoms with E-state index in [-0.39, 0.29) is 0 Å². The fourth-order valence-electron chi connectivity index (χ4n) is 2.68. The first-order chi connectivity index (χ1) is 10.7. The van der Waals surface area contributed by atoms with Gasteiger partial charge in [-0.25, -0.2) is 23.2 Å². The van der Waals surface area contributed by atoms with E-state index in [1.807, 2.05) is 0 Å². The molecular formula is C15H30ClN3O4. The molecule has 0 bridgehead atoms. The predicted octanol–water partition coefficient (Wildman–Crippen LogP) is -2.69. The zero-order valence-electron chi connectivity index (χ0n) is 15.1. The molecule has 0 N–H and O–H groups in total. The SMILES string of the molecule is CCN(CC)c1c(N(CC)CC)c1=[N+](CC)CC.[O-][Cl+3]([O-])([O-])[O-]. The molecule has 0 atom stereocenters. The highest BCUT2D eigenvalue weighted by atomic mass is 35.7. The molecule has 1 rings (SSSR count). The quantitative estimate of drug-likeness (QED) is 0.473. The van der Waals surface area contributed by atoms with Gasteiger partial charge in [-0.05, 0) is 41.5 Å². The minimum absolute atomic E-state index is 1.10. The van der Waals surface area contributed by atoms with Crippen LogP contribution in [0.4, 0.5) is 11.4 Å². The van der Waals surface area contributed by atoms with Crippen molar-refractivity contribution in [3.8, 4) is 0 Å². The van der Waals surface area contributed by atoms with Crippen molar-refractivity contribution in [1.82, 2.24) is 4.58 Å². The monoisotopic (exact) mass is 351 g/mol. The van der Waals surface area contributed by atoms with E-state index in [0.29, 0.717) is 0 Å². The Kier molecular flexibility index (Phi) is 9.72. The third-order valence-corrected chi connectivity index (χ3v) is 3.85. The fraction of sp³-hybridized carbons (Fsp3) is 0.800. The minimum Gasteiger partial charge on any atom is -0.365 e. The van der Waals surface area contributed by atoms with Gasteiger partial charge in [0.25, 0.3) is 5.36 Å². The van der Waals surface area contributed by atoms with Gasteiger partial charge in [-0.15, -0.1) is 10.2 Å². The summed E-state index contributed by atoms with van der Waals surface area (Å²) >= 11 is 0. The summed E-state index contributed by atoms with van der Waals surface area (Å²) < 4.78 is 36.5. The van der Waals surface area contributed by atoms with Gasteiger partial charge in [-0.2, -0.15) is 0 Å². The van der Waals surface area contributed by atoms with E-state index in [1.165, 1.54) is 16.7 Å². The zero-order chi connectivity index (χ0) is 18.2. The average Bonchev–Trinajstić information content (AvgIpc) is 3.17. The average molecular weight is 352 g/mol.